The van der Waals surface area contributed by atoms with Crippen molar-refractivity contribution >= 4 is 5.97 Å². The minimum atomic E-state index is -0.697. The maximum Gasteiger partial charge on any atom is 0.303 e. The molecule has 0 spiro atoms. The van der Waals surface area contributed by atoms with E-state index in [2.05, 4.69) is 5.32 Å². The van der Waals surface area contributed by atoms with Crippen molar-refractivity contribution in [3.05, 3.63) is 0 Å². The van der Waals surface area contributed by atoms with Crippen molar-refractivity contribution in [3.8, 4) is 0 Å². The fraction of sp³-hybridized carbons (Fsp3) is 0.917. The zero-order chi connectivity index (χ0) is 12.1. The lowest BCUT2D eigenvalue weighted by molar-refractivity contribution is -0.137. The van der Waals surface area contributed by atoms with Crippen LogP contribution in [-0.2, 0) is 4.79 Å². The third-order valence-electron chi connectivity index (χ3n) is 2.51. The molecule has 0 bridgehead atoms. The summed E-state index contributed by atoms with van der Waals surface area (Å²) in [4.78, 5) is 10.2. The number of hydrogen-bond acceptors (Lipinski definition) is 3. The molecule has 0 radical (unpaired) electrons. The molecule has 0 fully saturated rings. The number of hydrogen-bond donors (Lipinski definition) is 3. The van der Waals surface area contributed by atoms with Crippen LogP contribution in [0.15, 0.2) is 0 Å². The molecule has 0 saturated heterocycles. The van der Waals surface area contributed by atoms with Crippen LogP contribution in [-0.4, -0.2) is 35.9 Å². The Morgan fingerprint density at radius 2 is 1.44 bits per heavy atom. The number of carboxylic acids is 1. The molecule has 0 amide bonds. The van der Waals surface area contributed by atoms with Crippen LogP contribution in [0.25, 0.3) is 0 Å². The number of carboxylic acid groups (broad SMARTS) is 1. The van der Waals surface area contributed by atoms with Gasteiger partial charge in [-0.2, -0.15) is 0 Å². The molecule has 0 aliphatic rings. The van der Waals surface area contributed by atoms with Crippen molar-refractivity contribution < 1.29 is 15.0 Å². The predicted molar refractivity (Wildman–Crippen MR) is 64.5 cm³/mol. The first-order valence-corrected chi connectivity index (χ1v) is 6.30. The highest BCUT2D eigenvalue weighted by Gasteiger charge is 1.96. The Morgan fingerprint density at radius 3 is 2.00 bits per heavy atom. The number of aliphatic hydroxyl groups is 1. The second-order valence-electron chi connectivity index (χ2n) is 4.09. The van der Waals surface area contributed by atoms with Gasteiger partial charge < -0.3 is 15.5 Å². The standard InChI is InChI=1S/C12H25NO3/c14-11-7-2-1-5-9-13-10-6-3-4-8-12(15)16/h13-14H,1-11H2,(H,15,16). The van der Waals surface area contributed by atoms with E-state index in [1.165, 1.54) is 6.42 Å². The summed E-state index contributed by atoms with van der Waals surface area (Å²) >= 11 is 0. The molecule has 0 aliphatic heterocycles. The van der Waals surface area contributed by atoms with Gasteiger partial charge in [-0.3, -0.25) is 4.79 Å². The Hall–Kier alpha value is -0.610. The van der Waals surface area contributed by atoms with Crippen LogP contribution in [0, 0.1) is 0 Å². The minimum Gasteiger partial charge on any atom is -0.481 e. The van der Waals surface area contributed by atoms with Crippen molar-refractivity contribution in [3.63, 3.8) is 0 Å². The van der Waals surface area contributed by atoms with Gasteiger partial charge in [0.05, 0.1) is 0 Å². The zero-order valence-corrected chi connectivity index (χ0v) is 10.1. The highest BCUT2D eigenvalue weighted by atomic mass is 16.4. The van der Waals surface area contributed by atoms with E-state index in [1.54, 1.807) is 0 Å². The lowest BCUT2D eigenvalue weighted by Crippen LogP contribution is -2.16. The van der Waals surface area contributed by atoms with Crippen molar-refractivity contribution in [2.45, 2.75) is 51.4 Å². The van der Waals surface area contributed by atoms with Crippen LogP contribution in [0.5, 0.6) is 0 Å². The number of nitrogens with one attached hydrogen (secondary N) is 1. The number of aliphatic hydroxyl groups excluding tert-OH is 1. The van der Waals surface area contributed by atoms with Crippen LogP contribution in [0.1, 0.15) is 51.4 Å². The Labute approximate surface area is 98.1 Å². The van der Waals surface area contributed by atoms with Gasteiger partial charge in [-0.1, -0.05) is 19.3 Å². The maximum absolute atomic E-state index is 10.2. The van der Waals surface area contributed by atoms with Gasteiger partial charge in [0.15, 0.2) is 0 Å². The van der Waals surface area contributed by atoms with Gasteiger partial charge in [0, 0.05) is 13.0 Å². The molecule has 96 valence electrons. The highest BCUT2D eigenvalue weighted by Crippen LogP contribution is 1.99. The average molecular weight is 231 g/mol. The molecule has 0 rings (SSSR count). The summed E-state index contributed by atoms with van der Waals surface area (Å²) < 4.78 is 0. The molecule has 0 aliphatic carbocycles. The van der Waals surface area contributed by atoms with E-state index in [-0.39, 0.29) is 0 Å². The highest BCUT2D eigenvalue weighted by molar-refractivity contribution is 5.66. The summed E-state index contributed by atoms with van der Waals surface area (Å²) in [6.45, 7) is 2.32. The van der Waals surface area contributed by atoms with E-state index in [1.807, 2.05) is 0 Å². The maximum atomic E-state index is 10.2. The number of rotatable bonds is 12. The van der Waals surface area contributed by atoms with Gasteiger partial charge in [0.2, 0.25) is 0 Å². The second-order valence-corrected chi connectivity index (χ2v) is 4.09. The van der Waals surface area contributed by atoms with Crippen LogP contribution in [0.4, 0.5) is 0 Å². The van der Waals surface area contributed by atoms with Gasteiger partial charge >= 0.3 is 5.97 Å². The van der Waals surface area contributed by atoms with E-state index in [4.69, 9.17) is 10.2 Å². The fourth-order valence-corrected chi connectivity index (χ4v) is 1.54. The molecule has 0 heterocycles. The quantitative estimate of drug-likeness (QED) is 0.448. The third kappa shape index (κ3) is 13.4. The van der Waals surface area contributed by atoms with Gasteiger partial charge in [-0.15, -0.1) is 0 Å². The summed E-state index contributed by atoms with van der Waals surface area (Å²) in [7, 11) is 0. The van der Waals surface area contributed by atoms with Crippen LogP contribution in [0.2, 0.25) is 0 Å². The smallest absolute Gasteiger partial charge is 0.303 e. The molecule has 0 atom stereocenters. The van der Waals surface area contributed by atoms with Crippen LogP contribution < -0.4 is 5.32 Å². The molecule has 0 unspecified atom stereocenters. The molecule has 0 aromatic carbocycles. The van der Waals surface area contributed by atoms with Gasteiger partial charge in [0.25, 0.3) is 0 Å². The van der Waals surface area contributed by atoms with E-state index >= 15 is 0 Å². The number of aliphatic carboxylic acids is 1. The molecule has 4 nitrogen and oxygen atoms in total. The molecular formula is C12H25NO3. The lowest BCUT2D eigenvalue weighted by atomic mass is 10.2. The summed E-state index contributed by atoms with van der Waals surface area (Å²) in [6, 6.07) is 0. The molecular weight excluding hydrogens is 206 g/mol. The Kier molecular flexibility index (Phi) is 12.0. The summed E-state index contributed by atoms with van der Waals surface area (Å²) in [5.41, 5.74) is 0. The third-order valence-corrected chi connectivity index (χ3v) is 2.51. The largest absolute Gasteiger partial charge is 0.481 e. The molecule has 4 heteroatoms. The second kappa shape index (κ2) is 12.5. The monoisotopic (exact) mass is 231 g/mol. The van der Waals surface area contributed by atoms with Crippen molar-refractivity contribution in [2.24, 2.45) is 0 Å². The van der Waals surface area contributed by atoms with Crippen molar-refractivity contribution in [1.82, 2.24) is 5.32 Å². The summed E-state index contributed by atoms with van der Waals surface area (Å²) in [6.07, 6.45) is 7.48. The fourth-order valence-electron chi connectivity index (χ4n) is 1.54. The van der Waals surface area contributed by atoms with Gasteiger partial charge in [-0.25, -0.2) is 0 Å². The number of carbonyl (C=O) groups is 1. The minimum absolute atomic E-state index is 0.293. The van der Waals surface area contributed by atoms with Gasteiger partial charge in [0.1, 0.15) is 0 Å². The predicted octanol–water partition coefficient (Wildman–Crippen LogP) is 1.77. The van der Waals surface area contributed by atoms with E-state index in [0.717, 1.165) is 51.6 Å². The molecule has 0 aromatic rings. The van der Waals surface area contributed by atoms with Gasteiger partial charge in [-0.05, 0) is 38.8 Å². The normalized spacial score (nSPS) is 10.6. The average Bonchev–Trinajstić information content (AvgIpc) is 2.25. The van der Waals surface area contributed by atoms with E-state index < -0.39 is 5.97 Å². The first-order chi connectivity index (χ1) is 7.77. The number of unbranched alkanes of at least 4 members (excludes halogenated alkanes) is 5. The van der Waals surface area contributed by atoms with E-state index in [0.29, 0.717) is 13.0 Å². The molecule has 3 N–H and O–H groups in total. The van der Waals surface area contributed by atoms with Crippen LogP contribution >= 0.6 is 0 Å². The molecule has 0 saturated carbocycles. The molecule has 0 aromatic heterocycles. The lowest BCUT2D eigenvalue weighted by Gasteiger charge is -2.04. The van der Waals surface area contributed by atoms with Crippen molar-refractivity contribution in [2.75, 3.05) is 19.7 Å². The van der Waals surface area contributed by atoms with Crippen molar-refractivity contribution in [1.29, 1.82) is 0 Å². The Morgan fingerprint density at radius 1 is 0.875 bits per heavy atom. The Bertz CT molecular complexity index is 162. The molecule has 16 heavy (non-hydrogen) atoms. The summed E-state index contributed by atoms with van der Waals surface area (Å²) in [5.74, 6) is -0.697. The van der Waals surface area contributed by atoms with Crippen LogP contribution in [0.3, 0.4) is 0 Å². The Balaban J connectivity index is 2.90. The SMILES string of the molecule is O=C(O)CCCCCNCCCCCCO. The topological polar surface area (TPSA) is 69.6 Å². The first-order valence-electron chi connectivity index (χ1n) is 6.30. The summed E-state index contributed by atoms with van der Waals surface area (Å²) in [5, 5.41) is 20.3. The van der Waals surface area contributed by atoms with E-state index in [9.17, 15) is 4.79 Å². The zero-order valence-electron chi connectivity index (χ0n) is 10.1. The first kappa shape index (κ1) is 15.4.